The van der Waals surface area contributed by atoms with E-state index in [0.29, 0.717) is 5.92 Å². The number of hydrogen-bond acceptors (Lipinski definition) is 7. The van der Waals surface area contributed by atoms with Gasteiger partial charge in [-0.25, -0.2) is 10.5 Å². The number of carbonyl (C=O) groups is 3. The molecule has 3 N–H and O–H groups in total. The number of thiazole rings is 1. The van der Waals surface area contributed by atoms with Crippen LogP contribution in [0.15, 0.2) is 5.51 Å². The van der Waals surface area contributed by atoms with Gasteiger partial charge in [-0.1, -0.05) is 0 Å². The van der Waals surface area contributed by atoms with E-state index in [0.717, 1.165) is 31.4 Å². The van der Waals surface area contributed by atoms with Gasteiger partial charge in [0.05, 0.1) is 23.4 Å². The molecule has 1 saturated carbocycles. The quantitative estimate of drug-likeness (QED) is 0.570. The van der Waals surface area contributed by atoms with Crippen molar-refractivity contribution in [2.45, 2.75) is 83.1 Å². The lowest BCUT2D eigenvalue weighted by molar-refractivity contribution is -0.150. The standard InChI is InChI=1S/C20H30N4O5S/c1-11-18(30-10-21-11)14-4-6-16(7-5-14)29-23-19(27)17-8-15(26)9-24(17)20(28)12(2)22-13(3)25/h10,12,14-17,26H,4-9H2,1-3H3,(H,22,25)(H,23,27)/t12-,14?,15+,16?,17-/m0/s1. The van der Waals surface area contributed by atoms with E-state index < -0.39 is 30.0 Å². The van der Waals surface area contributed by atoms with Crippen molar-refractivity contribution in [3.8, 4) is 0 Å². The number of aryl methyl sites for hydroxylation is 1. The van der Waals surface area contributed by atoms with Gasteiger partial charge in [0.25, 0.3) is 5.91 Å². The number of likely N-dealkylation sites (tertiary alicyclic amines) is 1. The first kappa shape index (κ1) is 22.6. The van der Waals surface area contributed by atoms with Crippen molar-refractivity contribution in [1.29, 1.82) is 0 Å². The van der Waals surface area contributed by atoms with E-state index in [4.69, 9.17) is 4.84 Å². The predicted molar refractivity (Wildman–Crippen MR) is 110 cm³/mol. The largest absolute Gasteiger partial charge is 0.391 e. The van der Waals surface area contributed by atoms with Crippen LogP contribution in [-0.4, -0.2) is 63.5 Å². The Hall–Kier alpha value is -2.04. The number of nitrogens with one attached hydrogen (secondary N) is 2. The van der Waals surface area contributed by atoms with Crippen LogP contribution in [0, 0.1) is 6.92 Å². The number of hydrogen-bond donors (Lipinski definition) is 3. The fourth-order valence-corrected chi connectivity index (χ4v) is 5.25. The van der Waals surface area contributed by atoms with Crippen LogP contribution < -0.4 is 10.8 Å². The normalized spacial score (nSPS) is 27.5. The van der Waals surface area contributed by atoms with E-state index in [-0.39, 0.29) is 25.0 Å². The van der Waals surface area contributed by atoms with Gasteiger partial charge in [-0.3, -0.25) is 19.2 Å². The van der Waals surface area contributed by atoms with E-state index in [9.17, 15) is 19.5 Å². The molecule has 1 aliphatic heterocycles. The Morgan fingerprint density at radius 2 is 2.00 bits per heavy atom. The highest BCUT2D eigenvalue weighted by Gasteiger charge is 2.41. The Morgan fingerprint density at radius 3 is 2.60 bits per heavy atom. The van der Waals surface area contributed by atoms with Gasteiger partial charge in [-0.15, -0.1) is 11.3 Å². The van der Waals surface area contributed by atoms with E-state index in [2.05, 4.69) is 15.8 Å². The number of β-amino-alcohol motifs (C(OH)–C–C–N with tert-alkyl or cyclic N) is 1. The molecule has 3 amide bonds. The molecule has 3 atom stereocenters. The van der Waals surface area contributed by atoms with Gasteiger partial charge in [0, 0.05) is 24.8 Å². The summed E-state index contributed by atoms with van der Waals surface area (Å²) in [5.74, 6) is -0.692. The number of carbonyl (C=O) groups excluding carboxylic acids is 3. The molecular formula is C20H30N4O5S. The minimum absolute atomic E-state index is 0.0557. The zero-order valence-electron chi connectivity index (χ0n) is 17.6. The monoisotopic (exact) mass is 438 g/mol. The average Bonchev–Trinajstić information content (AvgIpc) is 3.31. The Balaban J connectivity index is 1.49. The summed E-state index contributed by atoms with van der Waals surface area (Å²) in [6, 6.07) is -1.59. The molecule has 1 saturated heterocycles. The van der Waals surface area contributed by atoms with Gasteiger partial charge in [0.2, 0.25) is 11.8 Å². The van der Waals surface area contributed by atoms with Gasteiger partial charge in [0.15, 0.2) is 0 Å². The van der Waals surface area contributed by atoms with Crippen LogP contribution in [0.1, 0.15) is 62.4 Å². The van der Waals surface area contributed by atoms with Crippen LogP contribution >= 0.6 is 11.3 Å². The lowest BCUT2D eigenvalue weighted by Crippen LogP contribution is -2.52. The molecule has 9 nitrogen and oxygen atoms in total. The van der Waals surface area contributed by atoms with Gasteiger partial charge in [0.1, 0.15) is 12.1 Å². The number of hydroxylamine groups is 1. The molecule has 0 bridgehead atoms. The SMILES string of the molecule is CC(=O)N[C@@H](C)C(=O)N1C[C@H](O)C[C@H]1C(=O)NOC1CCC(c2scnc2C)CC1. The second kappa shape index (κ2) is 9.84. The molecule has 0 radical (unpaired) electrons. The highest BCUT2D eigenvalue weighted by atomic mass is 32.1. The van der Waals surface area contributed by atoms with E-state index in [1.54, 1.807) is 18.3 Å². The number of aromatic nitrogens is 1. The Labute approximate surface area is 180 Å². The second-order valence-electron chi connectivity index (χ2n) is 8.18. The van der Waals surface area contributed by atoms with Crippen LogP contribution in [0.3, 0.4) is 0 Å². The van der Waals surface area contributed by atoms with Gasteiger partial charge in [-0.05, 0) is 45.4 Å². The van der Waals surface area contributed by atoms with Crippen LogP contribution in [0.5, 0.6) is 0 Å². The molecule has 2 aliphatic rings. The molecule has 0 spiro atoms. The third kappa shape index (κ3) is 5.35. The molecule has 30 heavy (non-hydrogen) atoms. The summed E-state index contributed by atoms with van der Waals surface area (Å²) < 4.78 is 0. The molecule has 0 unspecified atom stereocenters. The minimum atomic E-state index is -0.820. The summed E-state index contributed by atoms with van der Waals surface area (Å²) in [6.45, 7) is 4.97. The molecule has 1 aliphatic carbocycles. The smallest absolute Gasteiger partial charge is 0.266 e. The third-order valence-corrected chi connectivity index (χ3v) is 6.90. The molecule has 1 aromatic heterocycles. The number of aliphatic hydroxyl groups is 1. The highest BCUT2D eigenvalue weighted by molar-refractivity contribution is 7.09. The van der Waals surface area contributed by atoms with Crippen molar-refractivity contribution in [2.24, 2.45) is 0 Å². The van der Waals surface area contributed by atoms with Gasteiger partial charge in [-0.2, -0.15) is 0 Å². The Kier molecular flexibility index (Phi) is 7.43. The Morgan fingerprint density at radius 1 is 1.30 bits per heavy atom. The van der Waals surface area contributed by atoms with Crippen LogP contribution in [0.25, 0.3) is 0 Å². The highest BCUT2D eigenvalue weighted by Crippen LogP contribution is 2.37. The van der Waals surface area contributed by atoms with Gasteiger partial charge >= 0.3 is 0 Å². The molecule has 1 aromatic rings. The zero-order valence-corrected chi connectivity index (χ0v) is 18.4. The molecule has 166 valence electrons. The summed E-state index contributed by atoms with van der Waals surface area (Å²) in [6.07, 6.45) is 2.90. The summed E-state index contributed by atoms with van der Waals surface area (Å²) >= 11 is 1.69. The first-order valence-electron chi connectivity index (χ1n) is 10.4. The topological polar surface area (TPSA) is 121 Å². The molecule has 2 fully saturated rings. The Bertz CT molecular complexity index is 777. The molecule has 3 rings (SSSR count). The lowest BCUT2D eigenvalue weighted by Gasteiger charge is -2.29. The van der Waals surface area contributed by atoms with Crippen LogP contribution in [0.2, 0.25) is 0 Å². The van der Waals surface area contributed by atoms with Crippen molar-refractivity contribution >= 4 is 29.1 Å². The average molecular weight is 439 g/mol. The fourth-order valence-electron chi connectivity index (χ4n) is 4.28. The second-order valence-corrected chi connectivity index (χ2v) is 9.06. The summed E-state index contributed by atoms with van der Waals surface area (Å²) in [7, 11) is 0. The molecular weight excluding hydrogens is 408 g/mol. The zero-order chi connectivity index (χ0) is 21.8. The molecule has 10 heteroatoms. The minimum Gasteiger partial charge on any atom is -0.391 e. The van der Waals surface area contributed by atoms with Crippen molar-refractivity contribution in [3.63, 3.8) is 0 Å². The maximum Gasteiger partial charge on any atom is 0.266 e. The van der Waals surface area contributed by atoms with Gasteiger partial charge < -0.3 is 15.3 Å². The maximum atomic E-state index is 12.7. The third-order valence-electron chi connectivity index (χ3n) is 5.81. The van der Waals surface area contributed by atoms with Crippen LogP contribution in [-0.2, 0) is 19.2 Å². The van der Waals surface area contributed by atoms with E-state index >= 15 is 0 Å². The number of rotatable bonds is 6. The maximum absolute atomic E-state index is 12.7. The summed E-state index contributed by atoms with van der Waals surface area (Å²) in [4.78, 5) is 49.1. The number of nitrogens with zero attached hydrogens (tertiary/aromatic N) is 2. The predicted octanol–water partition coefficient (Wildman–Crippen LogP) is 1.01. The van der Waals surface area contributed by atoms with Crippen molar-refractivity contribution in [3.05, 3.63) is 16.1 Å². The van der Waals surface area contributed by atoms with Crippen molar-refractivity contribution in [2.75, 3.05) is 6.54 Å². The van der Waals surface area contributed by atoms with Crippen LogP contribution in [0.4, 0.5) is 0 Å². The summed E-state index contributed by atoms with van der Waals surface area (Å²) in [5, 5.41) is 12.5. The van der Waals surface area contributed by atoms with Crippen molar-refractivity contribution in [1.82, 2.24) is 20.7 Å². The lowest BCUT2D eigenvalue weighted by atomic mass is 9.86. The number of aliphatic hydroxyl groups excluding tert-OH is 1. The molecule has 0 aromatic carbocycles. The number of amides is 3. The first-order chi connectivity index (χ1) is 14.3. The van der Waals surface area contributed by atoms with Crippen molar-refractivity contribution < 1.29 is 24.3 Å². The molecule has 2 heterocycles. The van der Waals surface area contributed by atoms with E-state index in [1.807, 2.05) is 12.4 Å². The first-order valence-corrected chi connectivity index (χ1v) is 11.2. The summed E-state index contributed by atoms with van der Waals surface area (Å²) in [5.41, 5.74) is 5.47. The fraction of sp³-hybridized carbons (Fsp3) is 0.700. The van der Waals surface area contributed by atoms with E-state index in [1.165, 1.54) is 16.7 Å².